The van der Waals surface area contributed by atoms with Crippen molar-refractivity contribution in [1.82, 2.24) is 24.9 Å². The smallest absolute Gasteiger partial charge is 0.270 e. The molecule has 4 rings (SSSR count). The summed E-state index contributed by atoms with van der Waals surface area (Å²) < 4.78 is 50.6. The Balaban J connectivity index is 1.47. The van der Waals surface area contributed by atoms with Crippen molar-refractivity contribution in [2.24, 2.45) is 0 Å². The van der Waals surface area contributed by atoms with Crippen LogP contribution in [0.2, 0.25) is 0 Å². The zero-order valence-corrected chi connectivity index (χ0v) is 23.3. The molecule has 2 atom stereocenters. The summed E-state index contributed by atoms with van der Waals surface area (Å²) >= 11 is 0. The lowest BCUT2D eigenvalue weighted by molar-refractivity contribution is -0.128. The van der Waals surface area contributed by atoms with Gasteiger partial charge in [0.1, 0.15) is 21.6 Å². The van der Waals surface area contributed by atoms with Crippen LogP contribution in [0.25, 0.3) is 10.9 Å². The number of sulfone groups is 1. The van der Waals surface area contributed by atoms with Crippen LogP contribution in [0.3, 0.4) is 0 Å². The first-order valence-electron chi connectivity index (χ1n) is 12.5. The van der Waals surface area contributed by atoms with Crippen LogP contribution in [-0.4, -0.2) is 85.9 Å². The maximum absolute atomic E-state index is 13.2. The number of hydrogen-bond donors (Lipinski definition) is 2. The fourth-order valence-corrected chi connectivity index (χ4v) is 6.32. The number of carbonyl (C=O) groups excluding carboxylic acids is 3. The molecule has 14 heteroatoms. The van der Waals surface area contributed by atoms with Crippen LogP contribution in [0.5, 0.6) is 0 Å². The summed E-state index contributed by atoms with van der Waals surface area (Å²) in [4.78, 5) is 47.4. The standard InChI is InChI=1S/C26H29N5O7S2/c1-39(35,36)16-13-22(30-25(33)21-12-11-18-7-2-3-8-19(18)28-21)26(34)29-20-9-6-15-31(17-23(20)32)40(37,38)24-10-4-5-14-27-24/h2-5,7-8,10-12,14,20,22H,6,9,13,15-17H2,1H3,(H,29,34)(H,30,33)/t20?,22-/m0/s1. The molecule has 2 amide bonds. The molecule has 212 valence electrons. The van der Waals surface area contributed by atoms with Gasteiger partial charge in [0.15, 0.2) is 10.8 Å². The SMILES string of the molecule is CS(=O)(=O)CC[C@H](NC(=O)c1ccc2ccccc2n1)C(=O)NC1CCCN(S(=O)(=O)c2ccccn2)CC1=O. The molecule has 3 heterocycles. The van der Waals surface area contributed by atoms with Gasteiger partial charge in [0.2, 0.25) is 5.91 Å². The first kappa shape index (κ1) is 29.2. The van der Waals surface area contributed by atoms with Gasteiger partial charge < -0.3 is 10.6 Å². The minimum absolute atomic E-state index is 0.0387. The van der Waals surface area contributed by atoms with E-state index >= 15 is 0 Å². The topological polar surface area (TPSA) is 173 Å². The summed E-state index contributed by atoms with van der Waals surface area (Å²) in [6.07, 6.45) is 2.57. The molecule has 12 nitrogen and oxygen atoms in total. The molecule has 1 fully saturated rings. The van der Waals surface area contributed by atoms with Gasteiger partial charge in [0, 0.05) is 24.4 Å². The molecule has 1 aromatic carbocycles. The highest BCUT2D eigenvalue weighted by Gasteiger charge is 2.35. The Kier molecular flexibility index (Phi) is 8.91. The third kappa shape index (κ3) is 7.25. The van der Waals surface area contributed by atoms with E-state index in [1.165, 1.54) is 24.4 Å². The Labute approximate surface area is 232 Å². The second-order valence-electron chi connectivity index (χ2n) is 9.51. The zero-order chi connectivity index (χ0) is 28.9. The first-order chi connectivity index (χ1) is 18.9. The van der Waals surface area contributed by atoms with Gasteiger partial charge in [-0.1, -0.05) is 30.3 Å². The molecule has 1 unspecified atom stereocenters. The van der Waals surface area contributed by atoms with E-state index in [-0.39, 0.29) is 42.3 Å². The van der Waals surface area contributed by atoms with Gasteiger partial charge >= 0.3 is 0 Å². The minimum Gasteiger partial charge on any atom is -0.344 e. The van der Waals surface area contributed by atoms with E-state index in [0.717, 1.165) is 15.9 Å². The van der Waals surface area contributed by atoms with Gasteiger partial charge in [-0.25, -0.2) is 26.8 Å². The number of benzene rings is 1. The van der Waals surface area contributed by atoms with E-state index in [2.05, 4.69) is 20.6 Å². The quantitative estimate of drug-likeness (QED) is 0.365. The van der Waals surface area contributed by atoms with Crippen molar-refractivity contribution in [2.75, 3.05) is 25.1 Å². The average Bonchev–Trinajstić information content (AvgIpc) is 3.12. The zero-order valence-electron chi connectivity index (χ0n) is 21.7. The number of ketones is 1. The van der Waals surface area contributed by atoms with E-state index in [9.17, 15) is 31.2 Å². The van der Waals surface area contributed by atoms with Gasteiger partial charge in [-0.05, 0) is 43.5 Å². The third-order valence-corrected chi connectivity index (χ3v) is 9.15. The summed E-state index contributed by atoms with van der Waals surface area (Å²) in [6, 6.07) is 12.5. The minimum atomic E-state index is -4.02. The highest BCUT2D eigenvalue weighted by molar-refractivity contribution is 7.90. The molecule has 1 aliphatic rings. The van der Waals surface area contributed by atoms with Crippen LogP contribution in [-0.2, 0) is 29.4 Å². The fourth-order valence-electron chi connectivity index (χ4n) is 4.28. The maximum Gasteiger partial charge on any atom is 0.270 e. The summed E-state index contributed by atoms with van der Waals surface area (Å²) in [7, 11) is -7.49. The lowest BCUT2D eigenvalue weighted by Crippen LogP contribution is -2.52. The summed E-state index contributed by atoms with van der Waals surface area (Å²) in [5, 5.41) is 5.76. The van der Waals surface area contributed by atoms with Crippen molar-refractivity contribution >= 4 is 48.4 Å². The number of carbonyl (C=O) groups is 3. The van der Waals surface area contributed by atoms with E-state index in [4.69, 9.17) is 0 Å². The molecule has 1 saturated heterocycles. The van der Waals surface area contributed by atoms with Crippen LogP contribution in [0.1, 0.15) is 29.8 Å². The Hall–Kier alpha value is -3.75. The number of pyridine rings is 2. The number of para-hydroxylation sites is 1. The van der Waals surface area contributed by atoms with Crippen molar-refractivity contribution in [1.29, 1.82) is 0 Å². The number of fused-ring (bicyclic) bond motifs is 1. The van der Waals surface area contributed by atoms with Gasteiger partial charge in [-0.3, -0.25) is 14.4 Å². The monoisotopic (exact) mass is 587 g/mol. The molecule has 1 aliphatic heterocycles. The van der Waals surface area contributed by atoms with Crippen molar-refractivity contribution in [2.45, 2.75) is 36.4 Å². The number of sulfonamides is 1. The average molecular weight is 588 g/mol. The van der Waals surface area contributed by atoms with E-state index in [1.54, 1.807) is 24.3 Å². The predicted octanol–water partition coefficient (Wildman–Crippen LogP) is 0.702. The summed E-state index contributed by atoms with van der Waals surface area (Å²) in [5.41, 5.74) is 0.610. The number of nitrogens with zero attached hydrogens (tertiary/aromatic N) is 3. The van der Waals surface area contributed by atoms with Crippen molar-refractivity contribution in [3.05, 3.63) is 66.5 Å². The van der Waals surface area contributed by atoms with Crippen LogP contribution in [0, 0.1) is 0 Å². The molecule has 2 N–H and O–H groups in total. The van der Waals surface area contributed by atoms with E-state index < -0.39 is 56.1 Å². The van der Waals surface area contributed by atoms with Gasteiger partial charge in [-0.2, -0.15) is 4.31 Å². The Morgan fingerprint density at radius 3 is 2.52 bits per heavy atom. The molecule has 2 aromatic heterocycles. The summed E-state index contributed by atoms with van der Waals surface area (Å²) in [6.45, 7) is -0.413. The van der Waals surface area contributed by atoms with Gasteiger partial charge in [-0.15, -0.1) is 0 Å². The lowest BCUT2D eigenvalue weighted by Gasteiger charge is -2.22. The number of hydrogen-bond acceptors (Lipinski definition) is 9. The number of rotatable bonds is 9. The molecule has 0 saturated carbocycles. The second kappa shape index (κ2) is 12.2. The lowest BCUT2D eigenvalue weighted by atomic mass is 10.1. The fraction of sp³-hybridized carbons (Fsp3) is 0.346. The first-order valence-corrected chi connectivity index (χ1v) is 16.0. The number of nitrogens with one attached hydrogen (secondary N) is 2. The Morgan fingerprint density at radius 1 is 1.05 bits per heavy atom. The van der Waals surface area contributed by atoms with Crippen molar-refractivity contribution < 1.29 is 31.2 Å². The molecule has 0 aliphatic carbocycles. The molecule has 0 bridgehead atoms. The molecule has 40 heavy (non-hydrogen) atoms. The van der Waals surface area contributed by atoms with Crippen LogP contribution < -0.4 is 10.6 Å². The Morgan fingerprint density at radius 2 is 1.80 bits per heavy atom. The van der Waals surface area contributed by atoms with Crippen LogP contribution in [0.15, 0.2) is 65.8 Å². The Bertz CT molecular complexity index is 1630. The van der Waals surface area contributed by atoms with E-state index in [1.807, 2.05) is 12.1 Å². The normalized spacial score (nSPS) is 17.6. The van der Waals surface area contributed by atoms with E-state index in [0.29, 0.717) is 5.52 Å². The largest absolute Gasteiger partial charge is 0.344 e. The number of Topliss-reactive ketones (excluding diaryl/α,β-unsaturated/α-hetero) is 1. The summed E-state index contributed by atoms with van der Waals surface area (Å²) in [5.74, 6) is -2.35. The maximum atomic E-state index is 13.2. The molecule has 0 spiro atoms. The van der Waals surface area contributed by atoms with Crippen molar-refractivity contribution in [3.8, 4) is 0 Å². The molecule has 3 aromatic rings. The highest BCUT2D eigenvalue weighted by Crippen LogP contribution is 2.18. The third-order valence-electron chi connectivity index (χ3n) is 6.41. The van der Waals surface area contributed by atoms with Gasteiger partial charge in [0.05, 0.1) is 23.9 Å². The number of aromatic nitrogens is 2. The molecule has 0 radical (unpaired) electrons. The highest BCUT2D eigenvalue weighted by atomic mass is 32.2. The molecular weight excluding hydrogens is 558 g/mol. The van der Waals surface area contributed by atoms with Crippen molar-refractivity contribution in [3.63, 3.8) is 0 Å². The second-order valence-corrected chi connectivity index (χ2v) is 13.7. The van der Waals surface area contributed by atoms with Gasteiger partial charge in [0.25, 0.3) is 15.9 Å². The molecular formula is C26H29N5O7S2. The van der Waals surface area contributed by atoms with Crippen LogP contribution >= 0.6 is 0 Å². The van der Waals surface area contributed by atoms with Crippen LogP contribution in [0.4, 0.5) is 0 Å². The predicted molar refractivity (Wildman–Crippen MR) is 146 cm³/mol. The number of amides is 2.